The molecule has 3 aromatic rings. The van der Waals surface area contributed by atoms with Crippen LogP contribution in [0.3, 0.4) is 0 Å². The standard InChI is InChI=1S/C25H19N5O2/c26-11-17-1-5-19(6-2-17)22-13-28-14-23-24(22)32-10-9-30(23)25(31)20-15-29(16-20)21-7-3-18(12-27)4-8-21/h1-8,13-14,20H,9-10,15-16H2. The lowest BCUT2D eigenvalue weighted by atomic mass is 9.96. The van der Waals surface area contributed by atoms with Crippen molar-refractivity contribution in [1.82, 2.24) is 4.98 Å². The molecule has 7 nitrogen and oxygen atoms in total. The van der Waals surface area contributed by atoms with E-state index in [0.29, 0.717) is 48.8 Å². The molecule has 0 atom stereocenters. The van der Waals surface area contributed by atoms with Gasteiger partial charge in [0.2, 0.25) is 5.91 Å². The Hall–Kier alpha value is -4.36. The number of fused-ring (bicyclic) bond motifs is 1. The molecule has 0 spiro atoms. The minimum absolute atomic E-state index is 0.0678. The van der Waals surface area contributed by atoms with Crippen molar-refractivity contribution >= 4 is 17.3 Å². The van der Waals surface area contributed by atoms with Crippen molar-refractivity contribution in [3.05, 3.63) is 72.1 Å². The molecule has 0 saturated carbocycles. The summed E-state index contributed by atoms with van der Waals surface area (Å²) in [7, 11) is 0. The molecule has 2 aliphatic heterocycles. The van der Waals surface area contributed by atoms with Gasteiger partial charge in [0.25, 0.3) is 0 Å². The van der Waals surface area contributed by atoms with E-state index in [9.17, 15) is 4.79 Å². The number of anilines is 2. The van der Waals surface area contributed by atoms with E-state index < -0.39 is 0 Å². The first-order valence-electron chi connectivity index (χ1n) is 10.4. The topological polar surface area (TPSA) is 93.2 Å². The number of carbonyl (C=O) groups is 1. The van der Waals surface area contributed by atoms with Crippen molar-refractivity contribution in [3.63, 3.8) is 0 Å². The number of benzene rings is 2. The highest BCUT2D eigenvalue weighted by Crippen LogP contribution is 2.41. The summed E-state index contributed by atoms with van der Waals surface area (Å²) in [6.07, 6.45) is 3.40. The van der Waals surface area contributed by atoms with Gasteiger partial charge in [0.05, 0.1) is 41.9 Å². The van der Waals surface area contributed by atoms with Crippen molar-refractivity contribution < 1.29 is 9.53 Å². The summed E-state index contributed by atoms with van der Waals surface area (Å²) in [4.78, 5) is 21.6. The second-order valence-corrected chi connectivity index (χ2v) is 7.82. The molecule has 32 heavy (non-hydrogen) atoms. The average Bonchev–Trinajstić information content (AvgIpc) is 2.83. The lowest BCUT2D eigenvalue weighted by Crippen LogP contribution is -2.56. The highest BCUT2D eigenvalue weighted by Gasteiger charge is 2.38. The summed E-state index contributed by atoms with van der Waals surface area (Å²) in [6, 6.07) is 18.9. The van der Waals surface area contributed by atoms with Crippen LogP contribution in [0.5, 0.6) is 5.75 Å². The summed E-state index contributed by atoms with van der Waals surface area (Å²) in [5.41, 5.74) is 4.59. The molecule has 1 amide bonds. The van der Waals surface area contributed by atoms with E-state index in [1.807, 2.05) is 24.3 Å². The third-order valence-corrected chi connectivity index (χ3v) is 5.91. The van der Waals surface area contributed by atoms with Crippen LogP contribution in [0.25, 0.3) is 11.1 Å². The zero-order valence-corrected chi connectivity index (χ0v) is 17.2. The fourth-order valence-electron chi connectivity index (χ4n) is 4.11. The van der Waals surface area contributed by atoms with Gasteiger partial charge in [-0.25, -0.2) is 0 Å². The molecule has 0 unspecified atom stereocenters. The molecule has 1 fully saturated rings. The van der Waals surface area contributed by atoms with Crippen molar-refractivity contribution in [2.75, 3.05) is 36.0 Å². The largest absolute Gasteiger partial charge is 0.489 e. The maximum absolute atomic E-state index is 13.3. The van der Waals surface area contributed by atoms with Gasteiger partial charge in [0.15, 0.2) is 5.75 Å². The third-order valence-electron chi connectivity index (χ3n) is 5.91. The molecule has 0 N–H and O–H groups in total. The Morgan fingerprint density at radius 1 is 0.969 bits per heavy atom. The number of amides is 1. The second-order valence-electron chi connectivity index (χ2n) is 7.82. The monoisotopic (exact) mass is 421 g/mol. The highest BCUT2D eigenvalue weighted by molar-refractivity contribution is 5.99. The van der Waals surface area contributed by atoms with Crippen LogP contribution in [-0.4, -0.2) is 37.1 Å². The fraction of sp³-hybridized carbons (Fsp3) is 0.200. The number of carbonyl (C=O) groups excluding carboxylic acids is 1. The van der Waals surface area contributed by atoms with Gasteiger partial charge in [-0.3, -0.25) is 9.78 Å². The summed E-state index contributed by atoms with van der Waals surface area (Å²) < 4.78 is 5.95. The Morgan fingerprint density at radius 3 is 2.28 bits per heavy atom. The molecule has 1 saturated heterocycles. The van der Waals surface area contributed by atoms with Gasteiger partial charge < -0.3 is 14.5 Å². The Kier molecular flexibility index (Phi) is 4.93. The van der Waals surface area contributed by atoms with Crippen LogP contribution < -0.4 is 14.5 Å². The van der Waals surface area contributed by atoms with Crippen molar-refractivity contribution in [2.45, 2.75) is 0 Å². The van der Waals surface area contributed by atoms with E-state index in [1.54, 1.807) is 41.6 Å². The fourth-order valence-corrected chi connectivity index (χ4v) is 4.11. The lowest BCUT2D eigenvalue weighted by Gasteiger charge is -2.43. The Bertz CT molecular complexity index is 1250. The molecular weight excluding hydrogens is 402 g/mol. The van der Waals surface area contributed by atoms with Crippen LogP contribution in [0.4, 0.5) is 11.4 Å². The van der Waals surface area contributed by atoms with Gasteiger partial charge in [0.1, 0.15) is 12.3 Å². The van der Waals surface area contributed by atoms with Crippen molar-refractivity contribution in [2.24, 2.45) is 5.92 Å². The van der Waals surface area contributed by atoms with Crippen LogP contribution >= 0.6 is 0 Å². The zero-order chi connectivity index (χ0) is 22.1. The first kappa shape index (κ1) is 19.6. The molecule has 2 aliphatic rings. The van der Waals surface area contributed by atoms with Gasteiger partial charge in [-0.15, -0.1) is 0 Å². The van der Waals surface area contributed by atoms with E-state index in [4.69, 9.17) is 15.3 Å². The third kappa shape index (κ3) is 3.40. The quantitative estimate of drug-likeness (QED) is 0.644. The predicted molar refractivity (Wildman–Crippen MR) is 119 cm³/mol. The molecule has 7 heteroatoms. The molecule has 5 rings (SSSR count). The van der Waals surface area contributed by atoms with Gasteiger partial charge in [-0.1, -0.05) is 12.1 Å². The van der Waals surface area contributed by atoms with Crippen molar-refractivity contribution in [3.8, 4) is 29.0 Å². The zero-order valence-electron chi connectivity index (χ0n) is 17.2. The van der Waals surface area contributed by atoms with E-state index in [0.717, 1.165) is 16.8 Å². The van der Waals surface area contributed by atoms with E-state index in [2.05, 4.69) is 22.0 Å². The number of aromatic nitrogens is 1. The number of hydrogen-bond acceptors (Lipinski definition) is 6. The summed E-state index contributed by atoms with van der Waals surface area (Å²) in [5, 5.41) is 18.0. The summed E-state index contributed by atoms with van der Waals surface area (Å²) in [5.74, 6) is 0.612. The van der Waals surface area contributed by atoms with E-state index >= 15 is 0 Å². The Labute approximate surface area is 185 Å². The highest BCUT2D eigenvalue weighted by atomic mass is 16.5. The van der Waals surface area contributed by atoms with Gasteiger partial charge in [0, 0.05) is 30.5 Å². The minimum atomic E-state index is -0.102. The minimum Gasteiger partial charge on any atom is -0.489 e. The first-order chi connectivity index (χ1) is 15.7. The Morgan fingerprint density at radius 2 is 1.62 bits per heavy atom. The Balaban J connectivity index is 1.35. The number of hydrogen-bond donors (Lipinski definition) is 0. The molecule has 3 heterocycles. The van der Waals surface area contributed by atoms with Gasteiger partial charge in [-0.05, 0) is 42.0 Å². The summed E-state index contributed by atoms with van der Waals surface area (Å²) in [6.45, 7) is 2.18. The van der Waals surface area contributed by atoms with Crippen LogP contribution in [0.1, 0.15) is 11.1 Å². The molecule has 1 aromatic heterocycles. The predicted octanol–water partition coefficient (Wildman–Crippen LogP) is 3.35. The number of ether oxygens (including phenoxy) is 1. The molecule has 0 radical (unpaired) electrons. The first-order valence-corrected chi connectivity index (χ1v) is 10.4. The van der Waals surface area contributed by atoms with Crippen LogP contribution in [0.15, 0.2) is 60.9 Å². The van der Waals surface area contributed by atoms with E-state index in [-0.39, 0.29) is 11.8 Å². The van der Waals surface area contributed by atoms with Crippen molar-refractivity contribution in [1.29, 1.82) is 10.5 Å². The average molecular weight is 421 g/mol. The van der Waals surface area contributed by atoms with Gasteiger partial charge in [-0.2, -0.15) is 10.5 Å². The number of pyridine rings is 1. The molecular formula is C25H19N5O2. The van der Waals surface area contributed by atoms with Crippen LogP contribution in [0.2, 0.25) is 0 Å². The normalized spacial score (nSPS) is 15.1. The SMILES string of the molecule is N#Cc1ccc(-c2cncc3c2OCCN3C(=O)C2CN(c3ccc(C#N)cc3)C2)cc1. The van der Waals surface area contributed by atoms with Crippen LogP contribution in [-0.2, 0) is 4.79 Å². The van der Waals surface area contributed by atoms with Gasteiger partial charge >= 0.3 is 0 Å². The number of nitrogens with zero attached hydrogens (tertiary/aromatic N) is 5. The number of nitriles is 2. The molecule has 0 aliphatic carbocycles. The smallest absolute Gasteiger partial charge is 0.233 e. The number of rotatable bonds is 3. The maximum atomic E-state index is 13.3. The maximum Gasteiger partial charge on any atom is 0.233 e. The molecule has 2 aromatic carbocycles. The second kappa shape index (κ2) is 8.05. The van der Waals surface area contributed by atoms with E-state index in [1.165, 1.54) is 0 Å². The lowest BCUT2D eigenvalue weighted by molar-refractivity contribution is -0.123. The summed E-state index contributed by atoms with van der Waals surface area (Å²) >= 11 is 0. The molecule has 156 valence electrons. The van der Waals surface area contributed by atoms with Crippen LogP contribution in [0, 0.1) is 28.6 Å². The molecule has 0 bridgehead atoms.